The number of ether oxygens (including phenoxy) is 2. The SMILES string of the molecule is CC.CNC[C@H]1Cc2cc(OC)c(OC)cc21. The summed E-state index contributed by atoms with van der Waals surface area (Å²) in [7, 11) is 5.34. The molecule has 0 radical (unpaired) electrons. The second kappa shape index (κ2) is 6.50. The maximum Gasteiger partial charge on any atom is 0.161 e. The predicted molar refractivity (Wildman–Crippen MR) is 71.3 cm³/mol. The summed E-state index contributed by atoms with van der Waals surface area (Å²) in [6.07, 6.45) is 1.14. The zero-order valence-electron chi connectivity index (χ0n) is 11.5. The summed E-state index contributed by atoms with van der Waals surface area (Å²) >= 11 is 0. The highest BCUT2D eigenvalue weighted by Crippen LogP contribution is 2.41. The summed E-state index contributed by atoms with van der Waals surface area (Å²) in [5.74, 6) is 2.29. The Balaban J connectivity index is 0.000000686. The first-order valence-electron chi connectivity index (χ1n) is 6.19. The molecule has 0 aromatic heterocycles. The zero-order valence-corrected chi connectivity index (χ0v) is 11.5. The number of hydrogen-bond acceptors (Lipinski definition) is 3. The lowest BCUT2D eigenvalue weighted by molar-refractivity contribution is 0.352. The zero-order chi connectivity index (χ0) is 12.8. The van der Waals surface area contributed by atoms with Gasteiger partial charge in [-0.05, 0) is 36.7 Å². The van der Waals surface area contributed by atoms with Crippen LogP contribution in [0.1, 0.15) is 30.9 Å². The van der Waals surface area contributed by atoms with Crippen molar-refractivity contribution in [3.63, 3.8) is 0 Å². The minimum absolute atomic E-state index is 0.629. The first-order chi connectivity index (χ1) is 8.30. The molecule has 0 fully saturated rings. The maximum absolute atomic E-state index is 5.29. The van der Waals surface area contributed by atoms with Crippen LogP contribution in [0.2, 0.25) is 0 Å². The van der Waals surface area contributed by atoms with Crippen molar-refractivity contribution in [1.29, 1.82) is 0 Å². The molecule has 0 bridgehead atoms. The minimum Gasteiger partial charge on any atom is -0.493 e. The van der Waals surface area contributed by atoms with Gasteiger partial charge in [0, 0.05) is 12.5 Å². The largest absolute Gasteiger partial charge is 0.493 e. The second-order valence-electron chi connectivity index (χ2n) is 3.86. The molecule has 1 N–H and O–H groups in total. The average Bonchev–Trinajstić information content (AvgIpc) is 2.37. The van der Waals surface area contributed by atoms with Crippen LogP contribution in [-0.4, -0.2) is 27.8 Å². The van der Waals surface area contributed by atoms with E-state index in [4.69, 9.17) is 9.47 Å². The quantitative estimate of drug-likeness (QED) is 0.873. The Morgan fingerprint density at radius 1 is 1.18 bits per heavy atom. The molecular formula is C14H23NO2. The Morgan fingerprint density at radius 2 is 1.76 bits per heavy atom. The van der Waals surface area contributed by atoms with Crippen molar-refractivity contribution in [2.75, 3.05) is 27.8 Å². The van der Waals surface area contributed by atoms with E-state index in [0.717, 1.165) is 24.5 Å². The monoisotopic (exact) mass is 237 g/mol. The molecule has 0 aliphatic heterocycles. The molecule has 0 heterocycles. The lowest BCUT2D eigenvalue weighted by Gasteiger charge is -2.31. The molecule has 17 heavy (non-hydrogen) atoms. The number of rotatable bonds is 4. The number of benzene rings is 1. The van der Waals surface area contributed by atoms with E-state index in [1.54, 1.807) is 14.2 Å². The molecule has 0 saturated heterocycles. The lowest BCUT2D eigenvalue weighted by atomic mass is 9.77. The summed E-state index contributed by atoms with van der Waals surface area (Å²) in [4.78, 5) is 0. The van der Waals surface area contributed by atoms with Crippen LogP contribution in [0.5, 0.6) is 11.5 Å². The van der Waals surface area contributed by atoms with Gasteiger partial charge in [-0.25, -0.2) is 0 Å². The first kappa shape index (κ1) is 13.8. The van der Waals surface area contributed by atoms with E-state index in [-0.39, 0.29) is 0 Å². The van der Waals surface area contributed by atoms with E-state index in [9.17, 15) is 0 Å². The van der Waals surface area contributed by atoms with E-state index in [0.29, 0.717) is 5.92 Å². The molecule has 1 aromatic carbocycles. The molecule has 3 heteroatoms. The number of likely N-dealkylation sites (N-methyl/N-ethyl adjacent to an activating group) is 1. The Labute approximate surface area is 104 Å². The topological polar surface area (TPSA) is 30.5 Å². The van der Waals surface area contributed by atoms with Gasteiger partial charge in [-0.1, -0.05) is 13.8 Å². The van der Waals surface area contributed by atoms with Crippen molar-refractivity contribution < 1.29 is 9.47 Å². The molecule has 0 saturated carbocycles. The molecule has 1 aliphatic carbocycles. The molecule has 0 spiro atoms. The minimum atomic E-state index is 0.629. The molecule has 0 unspecified atom stereocenters. The Hall–Kier alpha value is -1.22. The third-order valence-corrected chi connectivity index (χ3v) is 3.00. The third kappa shape index (κ3) is 2.72. The van der Waals surface area contributed by atoms with Crippen LogP contribution in [0.25, 0.3) is 0 Å². The van der Waals surface area contributed by atoms with Gasteiger partial charge >= 0.3 is 0 Å². The van der Waals surface area contributed by atoms with E-state index in [2.05, 4.69) is 17.4 Å². The van der Waals surface area contributed by atoms with Gasteiger partial charge in [0.15, 0.2) is 11.5 Å². The smallest absolute Gasteiger partial charge is 0.161 e. The van der Waals surface area contributed by atoms with Crippen molar-refractivity contribution in [3.8, 4) is 11.5 Å². The molecule has 3 nitrogen and oxygen atoms in total. The number of methoxy groups -OCH3 is 2. The molecule has 0 amide bonds. The van der Waals surface area contributed by atoms with Gasteiger partial charge in [0.2, 0.25) is 0 Å². The van der Waals surface area contributed by atoms with Crippen molar-refractivity contribution in [3.05, 3.63) is 23.3 Å². The standard InChI is InChI=1S/C12H17NO2.C2H6/c1-13-7-9-4-8-5-11(14-2)12(15-3)6-10(8)9;1-2/h5-6,9,13H,4,7H2,1-3H3;1-2H3/t9-;/m1./s1. The summed E-state index contributed by atoms with van der Waals surface area (Å²) in [5.41, 5.74) is 2.77. The molecule has 96 valence electrons. The molecule has 2 rings (SSSR count). The van der Waals surface area contributed by atoms with Gasteiger partial charge < -0.3 is 14.8 Å². The van der Waals surface area contributed by atoms with Crippen LogP contribution >= 0.6 is 0 Å². The average molecular weight is 237 g/mol. The summed E-state index contributed by atoms with van der Waals surface area (Å²) in [5, 5.41) is 3.20. The first-order valence-corrected chi connectivity index (χ1v) is 6.19. The van der Waals surface area contributed by atoms with E-state index in [1.165, 1.54) is 11.1 Å². The highest BCUT2D eigenvalue weighted by Gasteiger charge is 2.27. The van der Waals surface area contributed by atoms with Gasteiger partial charge in [0.1, 0.15) is 0 Å². The summed E-state index contributed by atoms with van der Waals surface area (Å²) < 4.78 is 10.5. The number of fused-ring (bicyclic) bond motifs is 1. The fourth-order valence-corrected chi connectivity index (χ4v) is 2.17. The molecule has 1 atom stereocenters. The molecular weight excluding hydrogens is 214 g/mol. The summed E-state index contributed by atoms with van der Waals surface area (Å²) in [6.45, 7) is 5.03. The number of hydrogen-bond donors (Lipinski definition) is 1. The fraction of sp³-hybridized carbons (Fsp3) is 0.571. The van der Waals surface area contributed by atoms with Crippen molar-refractivity contribution in [2.45, 2.75) is 26.2 Å². The van der Waals surface area contributed by atoms with Crippen molar-refractivity contribution in [2.24, 2.45) is 0 Å². The van der Waals surface area contributed by atoms with Gasteiger partial charge in [-0.3, -0.25) is 0 Å². The molecule has 1 aromatic rings. The maximum atomic E-state index is 5.29. The highest BCUT2D eigenvalue weighted by atomic mass is 16.5. The van der Waals surface area contributed by atoms with Gasteiger partial charge in [-0.15, -0.1) is 0 Å². The van der Waals surface area contributed by atoms with Gasteiger partial charge in [-0.2, -0.15) is 0 Å². The third-order valence-electron chi connectivity index (χ3n) is 3.00. The Kier molecular flexibility index (Phi) is 5.29. The van der Waals surface area contributed by atoms with Crippen LogP contribution in [-0.2, 0) is 6.42 Å². The summed E-state index contributed by atoms with van der Waals surface area (Å²) in [6, 6.07) is 4.18. The second-order valence-corrected chi connectivity index (χ2v) is 3.86. The van der Waals surface area contributed by atoms with Crippen LogP contribution < -0.4 is 14.8 Å². The lowest BCUT2D eigenvalue weighted by Crippen LogP contribution is -2.27. The number of nitrogens with one attached hydrogen (secondary N) is 1. The fourth-order valence-electron chi connectivity index (χ4n) is 2.17. The predicted octanol–water partition coefficient (Wildman–Crippen LogP) is 2.59. The van der Waals surface area contributed by atoms with E-state index < -0.39 is 0 Å². The normalized spacial score (nSPS) is 16.2. The van der Waals surface area contributed by atoms with Gasteiger partial charge in [0.05, 0.1) is 14.2 Å². The van der Waals surface area contributed by atoms with Crippen LogP contribution in [0, 0.1) is 0 Å². The Morgan fingerprint density at radius 3 is 2.29 bits per heavy atom. The van der Waals surface area contributed by atoms with Gasteiger partial charge in [0.25, 0.3) is 0 Å². The van der Waals surface area contributed by atoms with Crippen molar-refractivity contribution >= 4 is 0 Å². The van der Waals surface area contributed by atoms with Crippen LogP contribution in [0.4, 0.5) is 0 Å². The van der Waals surface area contributed by atoms with E-state index in [1.807, 2.05) is 20.9 Å². The Bertz CT molecular complexity index is 363. The van der Waals surface area contributed by atoms with Crippen LogP contribution in [0.15, 0.2) is 12.1 Å². The van der Waals surface area contributed by atoms with Crippen molar-refractivity contribution in [1.82, 2.24) is 5.32 Å². The highest BCUT2D eigenvalue weighted by molar-refractivity contribution is 5.53. The molecule has 1 aliphatic rings. The van der Waals surface area contributed by atoms with E-state index >= 15 is 0 Å². The van der Waals surface area contributed by atoms with Crippen LogP contribution in [0.3, 0.4) is 0 Å².